The Morgan fingerprint density at radius 1 is 0.854 bits per heavy atom. The zero-order chi connectivity index (χ0) is 28.5. The van der Waals surface area contributed by atoms with Crippen molar-refractivity contribution in [2.45, 2.75) is 56.9 Å². The van der Waals surface area contributed by atoms with Gasteiger partial charge in [0.1, 0.15) is 5.75 Å². The van der Waals surface area contributed by atoms with Crippen LogP contribution in [-0.4, -0.2) is 31.0 Å². The maximum atomic E-state index is 12.0. The van der Waals surface area contributed by atoms with Gasteiger partial charge in [0.05, 0.1) is 32.5 Å². The molecule has 1 N–H and O–H groups in total. The molecule has 1 unspecified atom stereocenters. The first-order valence-electron chi connectivity index (χ1n) is 14.1. The largest absolute Gasteiger partial charge is 0.497 e. The van der Waals surface area contributed by atoms with E-state index in [9.17, 15) is 5.11 Å². The van der Waals surface area contributed by atoms with Gasteiger partial charge in [-0.05, 0) is 59.4 Å². The Bertz CT molecular complexity index is 1360. The van der Waals surface area contributed by atoms with E-state index >= 15 is 0 Å². The van der Waals surface area contributed by atoms with Gasteiger partial charge in [0.25, 0.3) is 0 Å². The Balaban J connectivity index is 1.30. The van der Waals surface area contributed by atoms with Crippen molar-refractivity contribution in [3.63, 3.8) is 0 Å². The minimum absolute atomic E-state index is 0.186. The molecule has 0 aromatic heterocycles. The van der Waals surface area contributed by atoms with E-state index in [1.807, 2.05) is 103 Å². The summed E-state index contributed by atoms with van der Waals surface area (Å²) in [5, 5.41) is 12.6. The number of aliphatic hydroxyl groups is 1. The number of hydrogen-bond donors (Lipinski definition) is 1. The van der Waals surface area contributed by atoms with E-state index in [2.05, 4.69) is 0 Å². The van der Waals surface area contributed by atoms with Crippen LogP contribution in [-0.2, 0) is 39.6 Å². The quantitative estimate of drug-likeness (QED) is 0.179. The smallest absolute Gasteiger partial charge is 0.195 e. The fraction of sp³-hybridized carbons (Fsp3) is 0.314. The molecule has 0 radical (unpaired) electrons. The molecular formula is C35H37ClO5. The van der Waals surface area contributed by atoms with Crippen molar-refractivity contribution >= 4 is 11.6 Å². The van der Waals surface area contributed by atoms with Crippen molar-refractivity contribution in [2.24, 2.45) is 0 Å². The van der Waals surface area contributed by atoms with Crippen molar-refractivity contribution < 1.29 is 24.1 Å². The minimum atomic E-state index is -1.51. The number of benzene rings is 4. The Labute approximate surface area is 247 Å². The molecule has 0 aliphatic carbocycles. The fourth-order valence-corrected chi connectivity index (χ4v) is 5.41. The first kappa shape index (κ1) is 29.3. The fourth-order valence-electron chi connectivity index (χ4n) is 5.23. The second-order valence-electron chi connectivity index (χ2n) is 10.5. The maximum absolute atomic E-state index is 12.0. The molecule has 1 heterocycles. The highest BCUT2D eigenvalue weighted by molar-refractivity contribution is 6.31. The van der Waals surface area contributed by atoms with Gasteiger partial charge in [-0.2, -0.15) is 0 Å². The zero-order valence-corrected chi connectivity index (χ0v) is 24.1. The van der Waals surface area contributed by atoms with E-state index in [1.54, 1.807) is 7.11 Å². The lowest BCUT2D eigenvalue weighted by Gasteiger charge is -2.41. The van der Waals surface area contributed by atoms with E-state index in [0.29, 0.717) is 56.1 Å². The third kappa shape index (κ3) is 8.19. The van der Waals surface area contributed by atoms with E-state index in [0.717, 1.165) is 28.0 Å². The molecule has 4 aromatic carbocycles. The third-order valence-corrected chi connectivity index (χ3v) is 7.84. The van der Waals surface area contributed by atoms with Crippen LogP contribution in [0.5, 0.6) is 5.75 Å². The molecule has 1 aliphatic rings. The Kier molecular flexibility index (Phi) is 10.1. The number of rotatable bonds is 12. The predicted molar refractivity (Wildman–Crippen MR) is 161 cm³/mol. The highest BCUT2D eigenvalue weighted by Crippen LogP contribution is 2.39. The van der Waals surface area contributed by atoms with Gasteiger partial charge in [0.15, 0.2) is 5.79 Å². The van der Waals surface area contributed by atoms with Crippen LogP contribution in [0.25, 0.3) is 0 Å². The van der Waals surface area contributed by atoms with Crippen LogP contribution in [0.15, 0.2) is 103 Å². The van der Waals surface area contributed by atoms with Gasteiger partial charge < -0.3 is 24.1 Å². The number of hydrogen-bond acceptors (Lipinski definition) is 5. The lowest BCUT2D eigenvalue weighted by Crippen LogP contribution is -2.45. The van der Waals surface area contributed by atoms with Gasteiger partial charge in [-0.25, -0.2) is 0 Å². The summed E-state index contributed by atoms with van der Waals surface area (Å²) in [4.78, 5) is 0. The summed E-state index contributed by atoms with van der Waals surface area (Å²) < 4.78 is 24.0. The molecule has 0 amide bonds. The van der Waals surface area contributed by atoms with Gasteiger partial charge in [0, 0.05) is 30.0 Å². The molecule has 1 fully saturated rings. The Morgan fingerprint density at radius 2 is 1.54 bits per heavy atom. The number of ether oxygens (including phenoxy) is 4. The number of methoxy groups -OCH3 is 1. The summed E-state index contributed by atoms with van der Waals surface area (Å²) in [6, 6.07) is 33.7. The van der Waals surface area contributed by atoms with E-state index < -0.39 is 5.79 Å². The highest BCUT2D eigenvalue weighted by atomic mass is 35.5. The van der Waals surface area contributed by atoms with Crippen molar-refractivity contribution in [3.8, 4) is 5.75 Å². The van der Waals surface area contributed by atoms with Crippen LogP contribution < -0.4 is 4.74 Å². The monoisotopic (exact) mass is 572 g/mol. The molecule has 0 spiro atoms. The number of halogens is 1. The van der Waals surface area contributed by atoms with E-state index in [4.69, 9.17) is 30.5 Å². The summed E-state index contributed by atoms with van der Waals surface area (Å²) in [5.41, 5.74) is 4.91. The minimum Gasteiger partial charge on any atom is -0.497 e. The summed E-state index contributed by atoms with van der Waals surface area (Å²) >= 11 is 6.61. The molecule has 1 saturated heterocycles. The molecular weight excluding hydrogens is 536 g/mol. The van der Waals surface area contributed by atoms with E-state index in [-0.39, 0.29) is 12.2 Å². The second-order valence-corrected chi connectivity index (χ2v) is 10.9. The summed E-state index contributed by atoms with van der Waals surface area (Å²) in [6.07, 6.45) is 1.85. The summed E-state index contributed by atoms with van der Waals surface area (Å²) in [5.74, 6) is -0.706. The predicted octanol–water partition coefficient (Wildman–Crippen LogP) is 7.46. The van der Waals surface area contributed by atoms with Gasteiger partial charge >= 0.3 is 0 Å². The normalized spacial score (nSPS) is 20.6. The van der Waals surface area contributed by atoms with Crippen LogP contribution in [0.1, 0.15) is 47.1 Å². The third-order valence-electron chi connectivity index (χ3n) is 7.47. The first-order chi connectivity index (χ1) is 20.0. The maximum Gasteiger partial charge on any atom is 0.195 e. The average Bonchev–Trinajstić information content (AvgIpc) is 3.00. The molecule has 0 bridgehead atoms. The zero-order valence-electron chi connectivity index (χ0n) is 23.4. The molecule has 214 valence electrons. The molecule has 0 saturated carbocycles. The molecule has 4 aromatic rings. The molecule has 3 atom stereocenters. The topological polar surface area (TPSA) is 57.2 Å². The van der Waals surface area contributed by atoms with Crippen molar-refractivity contribution in [1.29, 1.82) is 0 Å². The van der Waals surface area contributed by atoms with Gasteiger partial charge in [-0.15, -0.1) is 0 Å². The Hall–Kier alpha value is -3.19. The summed E-state index contributed by atoms with van der Waals surface area (Å²) in [7, 11) is 1.65. The van der Waals surface area contributed by atoms with Crippen LogP contribution in [0, 0.1) is 0 Å². The lowest BCUT2D eigenvalue weighted by molar-refractivity contribution is -0.288. The van der Waals surface area contributed by atoms with Crippen LogP contribution in [0.4, 0.5) is 0 Å². The van der Waals surface area contributed by atoms with Crippen molar-refractivity contribution in [2.75, 3.05) is 13.7 Å². The van der Waals surface area contributed by atoms with Crippen molar-refractivity contribution in [3.05, 3.63) is 136 Å². The lowest BCUT2D eigenvalue weighted by atomic mass is 9.90. The summed E-state index contributed by atoms with van der Waals surface area (Å²) in [6.45, 7) is 1.53. The highest BCUT2D eigenvalue weighted by Gasteiger charge is 2.42. The van der Waals surface area contributed by atoms with E-state index in [1.165, 1.54) is 0 Å². The molecule has 41 heavy (non-hydrogen) atoms. The van der Waals surface area contributed by atoms with Crippen LogP contribution in [0.3, 0.4) is 0 Å². The van der Waals surface area contributed by atoms with Crippen LogP contribution in [0.2, 0.25) is 5.02 Å². The molecule has 5 rings (SSSR count). The standard InChI is InChI=1S/C35H37ClO5/c1-38-31-15-12-26(13-16-31)20-29-21-30(14-17-34(29)36)35(37)23-33(40-25-28-10-6-3-7-11-28)22-32(41-35)18-19-39-24-27-8-4-2-5-9-27/h2-17,21,32-33,37H,18-20,22-25H2,1H3/t32-,33+,35?/m1/s1. The van der Waals surface area contributed by atoms with Gasteiger partial charge in [0.2, 0.25) is 0 Å². The second kappa shape index (κ2) is 14.1. The van der Waals surface area contributed by atoms with Crippen molar-refractivity contribution in [1.82, 2.24) is 0 Å². The van der Waals surface area contributed by atoms with Crippen LogP contribution >= 0.6 is 11.6 Å². The first-order valence-corrected chi connectivity index (χ1v) is 14.5. The molecule has 1 aliphatic heterocycles. The molecule has 6 heteroatoms. The Morgan fingerprint density at radius 3 is 2.22 bits per heavy atom. The molecule has 5 nitrogen and oxygen atoms in total. The average molecular weight is 573 g/mol. The van der Waals surface area contributed by atoms with Gasteiger partial charge in [-0.1, -0.05) is 90.5 Å². The van der Waals surface area contributed by atoms with Gasteiger partial charge in [-0.3, -0.25) is 0 Å². The SMILES string of the molecule is COc1ccc(Cc2cc(C3(O)C[C@@H](OCc4ccccc4)C[C@@H](CCOCc4ccccc4)O3)ccc2Cl)cc1.